The minimum absolute atomic E-state index is 0. The van der Waals surface area contributed by atoms with Gasteiger partial charge < -0.3 is 29.7 Å². The minimum Gasteiger partial charge on any atom is -0.496 e. The number of rotatable bonds is 13. The van der Waals surface area contributed by atoms with Crippen molar-refractivity contribution in [3.8, 4) is 28.4 Å². The molecular formula is C39H53Cl2N5O6. The Morgan fingerprint density at radius 3 is 2.04 bits per heavy atom. The number of halogens is 2. The number of hydrogen-bond acceptors (Lipinski definition) is 7. The van der Waals surface area contributed by atoms with E-state index in [-0.39, 0.29) is 54.2 Å². The number of aliphatic carboxylic acids is 1. The van der Waals surface area contributed by atoms with E-state index in [1.807, 2.05) is 51.5 Å². The Bertz CT molecular complexity index is 1730. The van der Waals surface area contributed by atoms with Crippen LogP contribution in [0.4, 0.5) is 0 Å². The Morgan fingerprint density at radius 1 is 0.923 bits per heavy atom. The van der Waals surface area contributed by atoms with Gasteiger partial charge in [0.25, 0.3) is 11.8 Å². The predicted octanol–water partition coefficient (Wildman–Crippen LogP) is 6.56. The molecule has 4 aliphatic carbocycles. The molecule has 2 amide bonds. The van der Waals surface area contributed by atoms with Crippen LogP contribution >= 0.6 is 24.8 Å². The van der Waals surface area contributed by atoms with Crippen LogP contribution in [0.1, 0.15) is 84.7 Å². The first kappa shape index (κ1) is 41.0. The summed E-state index contributed by atoms with van der Waals surface area (Å²) in [5, 5.41) is 18.7. The maximum atomic E-state index is 14.3. The van der Waals surface area contributed by atoms with Crippen LogP contribution in [0.5, 0.6) is 11.5 Å². The van der Waals surface area contributed by atoms with Crippen molar-refractivity contribution in [1.82, 2.24) is 24.9 Å². The lowest BCUT2D eigenvalue weighted by atomic mass is 9.48. The smallest absolute Gasteiger partial charge is 0.330 e. The molecule has 3 aromatic rings. The summed E-state index contributed by atoms with van der Waals surface area (Å²) < 4.78 is 13.3. The van der Waals surface area contributed by atoms with E-state index >= 15 is 0 Å². The molecule has 4 fully saturated rings. The molecule has 2 N–H and O–H groups in total. The summed E-state index contributed by atoms with van der Waals surface area (Å²) in [6.45, 7) is 5.62. The van der Waals surface area contributed by atoms with Crippen LogP contribution in [0.15, 0.2) is 42.5 Å². The number of hydrogen-bond donors (Lipinski definition) is 2. The summed E-state index contributed by atoms with van der Waals surface area (Å²) in [6, 6.07) is 12.7. The average Bonchev–Trinajstić information content (AvgIpc) is 3.53. The molecule has 0 radical (unpaired) electrons. The molecule has 0 spiro atoms. The maximum Gasteiger partial charge on any atom is 0.330 e. The van der Waals surface area contributed by atoms with Gasteiger partial charge in [0.1, 0.15) is 17.0 Å². The second kappa shape index (κ2) is 16.5. The summed E-state index contributed by atoms with van der Waals surface area (Å²) >= 11 is 0. The first-order valence-electron chi connectivity index (χ1n) is 17.8. The lowest BCUT2D eigenvalue weighted by Crippen LogP contribution is -2.70. The number of benzene rings is 2. The number of carboxylic acids is 1. The average molecular weight is 759 g/mol. The molecular weight excluding hydrogens is 705 g/mol. The summed E-state index contributed by atoms with van der Waals surface area (Å²) in [5.74, 6) is 0.360. The van der Waals surface area contributed by atoms with Crippen molar-refractivity contribution in [3.63, 3.8) is 0 Å². The van der Waals surface area contributed by atoms with Crippen LogP contribution in [0.25, 0.3) is 16.9 Å². The van der Waals surface area contributed by atoms with Crippen LogP contribution < -0.4 is 14.8 Å². The molecule has 13 heteroatoms. The van der Waals surface area contributed by atoms with Gasteiger partial charge in [-0.05, 0) is 131 Å². The van der Waals surface area contributed by atoms with Crippen molar-refractivity contribution < 1.29 is 29.0 Å². The van der Waals surface area contributed by atoms with Crippen LogP contribution in [-0.4, -0.2) is 96.5 Å². The Balaban J connectivity index is 0.00000302. The third-order valence-corrected chi connectivity index (χ3v) is 11.3. The molecule has 11 nitrogen and oxygen atoms in total. The van der Waals surface area contributed by atoms with Gasteiger partial charge in [0, 0.05) is 19.2 Å². The molecule has 0 saturated heterocycles. The topological polar surface area (TPSA) is 126 Å². The molecule has 0 aliphatic heterocycles. The second-order valence-electron chi connectivity index (χ2n) is 15.1. The van der Waals surface area contributed by atoms with Crippen molar-refractivity contribution in [1.29, 1.82) is 0 Å². The van der Waals surface area contributed by atoms with Gasteiger partial charge in [0.2, 0.25) is 0 Å². The van der Waals surface area contributed by atoms with Gasteiger partial charge in [-0.2, -0.15) is 5.10 Å². The Hall–Kier alpha value is -3.80. The fraction of sp³-hybridized carbons (Fsp3) is 0.538. The van der Waals surface area contributed by atoms with Crippen molar-refractivity contribution >= 4 is 42.6 Å². The highest BCUT2D eigenvalue weighted by Crippen LogP contribution is 2.58. The molecule has 4 bridgehead atoms. The highest BCUT2D eigenvalue weighted by atomic mass is 35.5. The fourth-order valence-electron chi connectivity index (χ4n) is 9.03. The van der Waals surface area contributed by atoms with E-state index in [4.69, 9.17) is 14.6 Å². The third-order valence-electron chi connectivity index (χ3n) is 11.3. The molecule has 4 saturated carbocycles. The molecule has 52 heavy (non-hydrogen) atoms. The third kappa shape index (κ3) is 7.50. The van der Waals surface area contributed by atoms with Gasteiger partial charge in [0.05, 0.1) is 31.2 Å². The molecule has 2 aromatic carbocycles. The van der Waals surface area contributed by atoms with Crippen molar-refractivity contribution in [3.05, 3.63) is 59.3 Å². The number of amides is 2. The van der Waals surface area contributed by atoms with Crippen LogP contribution in [0.2, 0.25) is 0 Å². The van der Waals surface area contributed by atoms with Gasteiger partial charge in [0.15, 0.2) is 5.69 Å². The Labute approximate surface area is 319 Å². The van der Waals surface area contributed by atoms with Crippen molar-refractivity contribution in [2.45, 2.75) is 63.8 Å². The summed E-state index contributed by atoms with van der Waals surface area (Å²) in [5.41, 5.74) is 2.04. The van der Waals surface area contributed by atoms with Gasteiger partial charge in [-0.1, -0.05) is 19.9 Å². The number of ether oxygens (including phenoxy) is 2. The molecule has 1 aromatic heterocycles. The molecule has 284 valence electrons. The predicted molar refractivity (Wildman–Crippen MR) is 206 cm³/mol. The number of methoxy groups -OCH3 is 2. The van der Waals surface area contributed by atoms with E-state index in [0.717, 1.165) is 44.2 Å². The van der Waals surface area contributed by atoms with E-state index in [1.165, 1.54) is 6.42 Å². The molecule has 0 unspecified atom stereocenters. The normalized spacial score (nSPS) is 22.8. The van der Waals surface area contributed by atoms with Crippen molar-refractivity contribution in [2.75, 3.05) is 48.5 Å². The minimum atomic E-state index is -1.32. The lowest BCUT2D eigenvalue weighted by Gasteiger charge is -2.59. The Kier molecular flexibility index (Phi) is 13.0. The zero-order chi connectivity index (χ0) is 35.9. The van der Waals surface area contributed by atoms with E-state index in [0.29, 0.717) is 52.4 Å². The first-order chi connectivity index (χ1) is 23.9. The summed E-state index contributed by atoms with van der Waals surface area (Å²) in [7, 11) is 9.00. The highest BCUT2D eigenvalue weighted by molar-refractivity contribution is 5.98. The van der Waals surface area contributed by atoms with E-state index in [1.54, 1.807) is 35.9 Å². The molecule has 1 heterocycles. The SMILES string of the molecule is COc1cccc(OC)c1-c1cc(C(=O)NC2(C(=O)O)C3CC4CC(C3)CC2C4)nn1-c1ccc(C(=O)N(C)CCCN(C)C)cc1C(C)C.Cl.Cl. The number of nitrogens with zero attached hydrogens (tertiary/aromatic N) is 4. The van der Waals surface area contributed by atoms with Gasteiger partial charge in [-0.15, -0.1) is 24.8 Å². The second-order valence-corrected chi connectivity index (χ2v) is 15.1. The van der Waals surface area contributed by atoms with Crippen molar-refractivity contribution in [2.24, 2.45) is 23.7 Å². The number of carboxylic acid groups (broad SMARTS) is 1. The lowest BCUT2D eigenvalue weighted by molar-refractivity contribution is -0.163. The standard InChI is InChI=1S/C39H51N5O6.2ClH/c1-23(2)29-21-26(37(46)43(5)15-9-14-42(3)4)12-13-31(29)44-32(35-33(49-6)10-8-11-34(35)50-7)22-30(41-44)36(45)40-39(38(47)48)27-17-24-16-25(19-27)20-28(39)18-24;;/h8,10-13,21-25,27-28H,9,14-20H2,1-7H3,(H,40,45)(H,47,48);2*1H. The fourth-order valence-corrected chi connectivity index (χ4v) is 9.03. The van der Waals surface area contributed by atoms with Gasteiger partial charge >= 0.3 is 5.97 Å². The molecule has 7 rings (SSSR count). The number of nitrogens with one attached hydrogen (secondary N) is 1. The number of carbonyl (C=O) groups is 3. The van der Waals surface area contributed by atoms with E-state index in [9.17, 15) is 19.5 Å². The zero-order valence-corrected chi connectivity index (χ0v) is 32.8. The molecule has 0 atom stereocenters. The summed E-state index contributed by atoms with van der Waals surface area (Å²) in [6.07, 6.45) is 5.33. The monoisotopic (exact) mass is 757 g/mol. The quantitative estimate of drug-likeness (QED) is 0.201. The zero-order valence-electron chi connectivity index (χ0n) is 31.2. The van der Waals surface area contributed by atoms with Crippen LogP contribution in [0, 0.1) is 23.7 Å². The van der Waals surface area contributed by atoms with Gasteiger partial charge in [-0.25, -0.2) is 9.48 Å². The number of aromatic nitrogens is 2. The van der Waals surface area contributed by atoms with Gasteiger partial charge in [-0.3, -0.25) is 9.59 Å². The summed E-state index contributed by atoms with van der Waals surface area (Å²) in [4.78, 5) is 44.7. The number of carbonyl (C=O) groups excluding carboxylic acids is 2. The highest BCUT2D eigenvalue weighted by Gasteiger charge is 2.62. The molecule has 4 aliphatic rings. The largest absolute Gasteiger partial charge is 0.496 e. The first-order valence-corrected chi connectivity index (χ1v) is 17.8. The van der Waals surface area contributed by atoms with Crippen LogP contribution in [-0.2, 0) is 4.79 Å². The van der Waals surface area contributed by atoms with E-state index < -0.39 is 17.4 Å². The van der Waals surface area contributed by atoms with Crippen LogP contribution in [0.3, 0.4) is 0 Å². The Morgan fingerprint density at radius 2 is 1.52 bits per heavy atom. The maximum absolute atomic E-state index is 14.3. The van der Waals surface area contributed by atoms with E-state index in [2.05, 4.69) is 24.1 Å².